The van der Waals surface area contributed by atoms with Crippen LogP contribution >= 0.6 is 0 Å². The Morgan fingerprint density at radius 1 is 1.50 bits per heavy atom. The smallest absolute Gasteiger partial charge is 0.0586 e. The largest absolute Gasteiger partial charge is 0.395 e. The van der Waals surface area contributed by atoms with Gasteiger partial charge < -0.3 is 10.8 Å². The van der Waals surface area contributed by atoms with Gasteiger partial charge in [0.25, 0.3) is 0 Å². The van der Waals surface area contributed by atoms with Crippen LogP contribution in [0.2, 0.25) is 0 Å². The molecule has 0 saturated carbocycles. The molecule has 2 atom stereocenters. The molecule has 1 aliphatic rings. The minimum Gasteiger partial charge on any atom is -0.395 e. The molecule has 0 unspecified atom stereocenters. The highest BCUT2D eigenvalue weighted by Gasteiger charge is 2.24. The third kappa shape index (κ3) is 3.56. The first-order valence-corrected chi connectivity index (χ1v) is 5.74. The molecule has 1 fully saturated rings. The summed E-state index contributed by atoms with van der Waals surface area (Å²) < 4.78 is 0. The molecule has 0 aromatic heterocycles. The van der Waals surface area contributed by atoms with E-state index in [-0.39, 0.29) is 12.6 Å². The van der Waals surface area contributed by atoms with Gasteiger partial charge in [-0.25, -0.2) is 0 Å². The molecule has 3 N–H and O–H groups in total. The minimum atomic E-state index is 0.266. The van der Waals surface area contributed by atoms with Crippen LogP contribution in [0.25, 0.3) is 0 Å². The molecule has 0 aromatic carbocycles. The fraction of sp³-hybridized carbons (Fsp3) is 1.00. The van der Waals surface area contributed by atoms with Crippen molar-refractivity contribution in [1.29, 1.82) is 0 Å². The van der Waals surface area contributed by atoms with Crippen LogP contribution in [0, 0.1) is 5.92 Å². The second-order valence-electron chi connectivity index (χ2n) is 4.86. The van der Waals surface area contributed by atoms with Gasteiger partial charge in [-0.2, -0.15) is 0 Å². The van der Waals surface area contributed by atoms with Crippen molar-refractivity contribution < 1.29 is 5.11 Å². The van der Waals surface area contributed by atoms with E-state index in [1.54, 1.807) is 0 Å². The highest BCUT2D eigenvalue weighted by Crippen LogP contribution is 2.17. The molecule has 14 heavy (non-hydrogen) atoms. The van der Waals surface area contributed by atoms with Crippen molar-refractivity contribution >= 4 is 0 Å². The van der Waals surface area contributed by atoms with Crippen molar-refractivity contribution in [3.8, 4) is 0 Å². The van der Waals surface area contributed by atoms with E-state index in [2.05, 4.69) is 18.7 Å². The third-order valence-electron chi connectivity index (χ3n) is 2.95. The Morgan fingerprint density at radius 3 is 2.79 bits per heavy atom. The summed E-state index contributed by atoms with van der Waals surface area (Å²) in [5.41, 5.74) is 6.05. The second kappa shape index (κ2) is 5.69. The van der Waals surface area contributed by atoms with E-state index in [0.29, 0.717) is 12.0 Å². The van der Waals surface area contributed by atoms with Crippen LogP contribution in [0.5, 0.6) is 0 Å². The Morgan fingerprint density at radius 2 is 2.21 bits per heavy atom. The van der Waals surface area contributed by atoms with Gasteiger partial charge in [0.2, 0.25) is 0 Å². The highest BCUT2D eigenvalue weighted by atomic mass is 16.3. The van der Waals surface area contributed by atoms with E-state index in [4.69, 9.17) is 10.8 Å². The first-order valence-electron chi connectivity index (χ1n) is 5.74. The van der Waals surface area contributed by atoms with Crippen molar-refractivity contribution in [3.63, 3.8) is 0 Å². The number of nitrogens with zero attached hydrogens (tertiary/aromatic N) is 1. The Hall–Kier alpha value is -0.120. The number of rotatable bonds is 5. The summed E-state index contributed by atoms with van der Waals surface area (Å²) in [6, 6.07) is 0.635. The summed E-state index contributed by atoms with van der Waals surface area (Å²) in [6.07, 6.45) is 3.42. The number of nitrogens with two attached hydrogens (primary N) is 1. The summed E-state index contributed by atoms with van der Waals surface area (Å²) in [4.78, 5) is 2.34. The number of likely N-dealkylation sites (tertiary alicyclic amines) is 1. The zero-order valence-corrected chi connectivity index (χ0v) is 9.45. The summed E-state index contributed by atoms with van der Waals surface area (Å²) in [5, 5.41) is 9.15. The van der Waals surface area contributed by atoms with E-state index in [0.717, 1.165) is 25.9 Å². The maximum Gasteiger partial charge on any atom is 0.0586 e. The fourth-order valence-electron chi connectivity index (χ4n) is 2.32. The number of aliphatic hydroxyl groups excluding tert-OH is 1. The van der Waals surface area contributed by atoms with Crippen LogP contribution in [-0.2, 0) is 0 Å². The summed E-state index contributed by atoms with van der Waals surface area (Å²) in [5.74, 6) is 0.667. The van der Waals surface area contributed by atoms with Crippen LogP contribution in [-0.4, -0.2) is 41.8 Å². The molecule has 84 valence electrons. The Bertz CT molecular complexity index is 161. The molecular weight excluding hydrogens is 176 g/mol. The monoisotopic (exact) mass is 200 g/mol. The van der Waals surface area contributed by atoms with Crippen molar-refractivity contribution in [1.82, 2.24) is 4.90 Å². The first-order chi connectivity index (χ1) is 6.63. The quantitative estimate of drug-likeness (QED) is 0.690. The number of hydrogen-bond donors (Lipinski definition) is 2. The molecule has 0 bridgehead atoms. The molecule has 3 nitrogen and oxygen atoms in total. The van der Waals surface area contributed by atoms with E-state index in [1.165, 1.54) is 6.42 Å². The lowest BCUT2D eigenvalue weighted by atomic mass is 10.0. The second-order valence-corrected chi connectivity index (χ2v) is 4.86. The van der Waals surface area contributed by atoms with Gasteiger partial charge in [-0.1, -0.05) is 13.8 Å². The topological polar surface area (TPSA) is 49.5 Å². The molecule has 1 heterocycles. The normalized spacial score (nSPS) is 25.9. The van der Waals surface area contributed by atoms with Gasteiger partial charge in [0.1, 0.15) is 0 Å². The van der Waals surface area contributed by atoms with E-state index >= 15 is 0 Å². The zero-order valence-electron chi connectivity index (χ0n) is 9.45. The van der Waals surface area contributed by atoms with E-state index in [1.807, 2.05) is 0 Å². The number of aliphatic hydroxyl groups is 1. The highest BCUT2D eigenvalue weighted by molar-refractivity contribution is 4.81. The van der Waals surface area contributed by atoms with Gasteiger partial charge in [0.05, 0.1) is 6.61 Å². The summed E-state index contributed by atoms with van der Waals surface area (Å²) in [7, 11) is 0. The van der Waals surface area contributed by atoms with Crippen LogP contribution in [0.3, 0.4) is 0 Å². The Kier molecular flexibility index (Phi) is 4.85. The average molecular weight is 200 g/mol. The molecule has 3 heteroatoms. The van der Waals surface area contributed by atoms with Crippen molar-refractivity contribution in [3.05, 3.63) is 0 Å². The molecule has 1 rings (SSSR count). The van der Waals surface area contributed by atoms with E-state index in [9.17, 15) is 0 Å². The molecule has 0 aliphatic carbocycles. The lowest BCUT2D eigenvalue weighted by molar-refractivity contribution is 0.150. The lowest BCUT2D eigenvalue weighted by Gasteiger charge is -2.26. The van der Waals surface area contributed by atoms with Crippen LogP contribution in [0.4, 0.5) is 0 Å². The van der Waals surface area contributed by atoms with Gasteiger partial charge in [-0.3, -0.25) is 4.90 Å². The summed E-state index contributed by atoms with van der Waals surface area (Å²) >= 11 is 0. The van der Waals surface area contributed by atoms with Crippen LogP contribution in [0.1, 0.15) is 33.1 Å². The van der Waals surface area contributed by atoms with Gasteiger partial charge in [-0.05, 0) is 31.7 Å². The maximum absolute atomic E-state index is 9.15. The molecule has 0 spiro atoms. The van der Waals surface area contributed by atoms with Crippen molar-refractivity contribution in [2.45, 2.75) is 45.2 Å². The lowest BCUT2D eigenvalue weighted by Crippen LogP contribution is -2.42. The van der Waals surface area contributed by atoms with Crippen molar-refractivity contribution in [2.75, 3.05) is 19.7 Å². The third-order valence-corrected chi connectivity index (χ3v) is 2.95. The van der Waals surface area contributed by atoms with Gasteiger partial charge in [-0.15, -0.1) is 0 Å². The predicted octanol–water partition coefficient (Wildman–Crippen LogP) is 0.817. The number of hydrogen-bond acceptors (Lipinski definition) is 3. The molecule has 1 saturated heterocycles. The van der Waals surface area contributed by atoms with Crippen LogP contribution in [0.15, 0.2) is 0 Å². The molecular formula is C11H24N2O. The molecule has 0 amide bonds. The Balaban J connectivity index is 2.28. The fourth-order valence-corrected chi connectivity index (χ4v) is 2.32. The minimum absolute atomic E-state index is 0.266. The van der Waals surface area contributed by atoms with Crippen LogP contribution < -0.4 is 5.73 Å². The van der Waals surface area contributed by atoms with Gasteiger partial charge in [0.15, 0.2) is 0 Å². The Labute approximate surface area is 87.3 Å². The predicted molar refractivity (Wildman–Crippen MR) is 59.1 cm³/mol. The molecule has 0 radical (unpaired) electrons. The average Bonchev–Trinajstić information content (AvgIpc) is 2.50. The van der Waals surface area contributed by atoms with Crippen molar-refractivity contribution in [2.24, 2.45) is 11.7 Å². The van der Waals surface area contributed by atoms with Gasteiger partial charge in [0, 0.05) is 18.6 Å². The molecule has 1 aliphatic heterocycles. The van der Waals surface area contributed by atoms with E-state index < -0.39 is 0 Å². The molecule has 0 aromatic rings. The zero-order chi connectivity index (χ0) is 10.6. The standard InChI is InChI=1S/C11H24N2O/c1-9(2)6-10(12)7-13-5-3-4-11(13)8-14/h9-11,14H,3-8,12H2,1-2H3/t10-,11-/m1/s1. The van der Waals surface area contributed by atoms with Gasteiger partial charge >= 0.3 is 0 Å². The summed E-state index contributed by atoms with van der Waals surface area (Å²) in [6.45, 7) is 6.75. The maximum atomic E-state index is 9.15. The first kappa shape index (κ1) is 12.0. The SMILES string of the molecule is CC(C)C[C@@H](N)CN1CCC[C@@H]1CO.